The second-order valence-electron chi connectivity index (χ2n) is 5.63. The molecule has 0 radical (unpaired) electrons. The molecule has 0 atom stereocenters. The summed E-state index contributed by atoms with van der Waals surface area (Å²) in [5.74, 6) is 0.189. The molecule has 0 unspecified atom stereocenters. The van der Waals surface area contributed by atoms with Crippen molar-refractivity contribution in [2.75, 3.05) is 6.54 Å². The quantitative estimate of drug-likeness (QED) is 0.751. The second-order valence-corrected chi connectivity index (χ2v) is 5.63. The summed E-state index contributed by atoms with van der Waals surface area (Å²) in [6, 6.07) is 0.531. The van der Waals surface area contributed by atoms with Crippen molar-refractivity contribution < 1.29 is 9.90 Å². The molecule has 0 aromatic rings. The molecule has 1 aliphatic rings. The van der Waals surface area contributed by atoms with E-state index in [0.717, 1.165) is 5.92 Å². The van der Waals surface area contributed by atoms with Crippen molar-refractivity contribution in [2.45, 2.75) is 65.3 Å². The summed E-state index contributed by atoms with van der Waals surface area (Å²) in [5, 5.41) is 12.8. The van der Waals surface area contributed by atoms with Crippen LogP contribution in [0.5, 0.6) is 0 Å². The summed E-state index contributed by atoms with van der Waals surface area (Å²) in [6.07, 6.45) is 6.35. The Hall–Kier alpha value is -0.570. The summed E-state index contributed by atoms with van der Waals surface area (Å²) < 4.78 is 0. The van der Waals surface area contributed by atoms with Gasteiger partial charge in [0, 0.05) is 12.6 Å². The van der Waals surface area contributed by atoms with Crippen molar-refractivity contribution in [1.29, 1.82) is 0 Å². The molecule has 1 saturated carbocycles. The summed E-state index contributed by atoms with van der Waals surface area (Å²) in [4.78, 5) is 11.4. The minimum Gasteiger partial charge on any atom is -0.481 e. The van der Waals surface area contributed by atoms with Crippen LogP contribution in [0, 0.1) is 11.3 Å². The molecule has 1 rings (SSSR count). The third kappa shape index (κ3) is 3.70. The van der Waals surface area contributed by atoms with Gasteiger partial charge in [0.15, 0.2) is 0 Å². The molecule has 0 heterocycles. The number of hydrogen-bond donors (Lipinski definition) is 2. The highest BCUT2D eigenvalue weighted by Crippen LogP contribution is 2.28. The Balaban J connectivity index is 2.44. The lowest BCUT2D eigenvalue weighted by Gasteiger charge is -2.32. The van der Waals surface area contributed by atoms with Crippen LogP contribution in [0.15, 0.2) is 0 Å². The fraction of sp³-hybridized carbons (Fsp3) is 0.929. The van der Waals surface area contributed by atoms with Gasteiger partial charge in [0.25, 0.3) is 0 Å². The van der Waals surface area contributed by atoms with E-state index < -0.39 is 11.4 Å². The first kappa shape index (κ1) is 14.5. The van der Waals surface area contributed by atoms with Crippen LogP contribution >= 0.6 is 0 Å². The maximum absolute atomic E-state index is 11.4. The molecule has 3 heteroatoms. The fourth-order valence-electron chi connectivity index (χ4n) is 2.68. The Kier molecular flexibility index (Phi) is 5.44. The van der Waals surface area contributed by atoms with Gasteiger partial charge in [-0.1, -0.05) is 20.8 Å². The smallest absolute Gasteiger partial charge is 0.310 e. The minimum atomic E-state index is -0.654. The van der Waals surface area contributed by atoms with Crippen molar-refractivity contribution in [1.82, 2.24) is 5.32 Å². The Morgan fingerprint density at radius 2 is 1.76 bits per heavy atom. The Labute approximate surface area is 105 Å². The van der Waals surface area contributed by atoms with Gasteiger partial charge in [-0.15, -0.1) is 0 Å². The average Bonchev–Trinajstić information content (AvgIpc) is 2.33. The van der Waals surface area contributed by atoms with Crippen LogP contribution in [-0.2, 0) is 4.79 Å². The minimum absolute atomic E-state index is 0.531. The van der Waals surface area contributed by atoms with Crippen molar-refractivity contribution in [2.24, 2.45) is 11.3 Å². The lowest BCUT2D eigenvalue weighted by molar-refractivity contribution is -0.149. The Morgan fingerprint density at radius 1 is 1.24 bits per heavy atom. The lowest BCUT2D eigenvalue weighted by Crippen LogP contribution is -2.44. The third-order valence-corrected chi connectivity index (χ3v) is 4.55. The molecular formula is C14H27NO2. The number of aliphatic carboxylic acids is 1. The van der Waals surface area contributed by atoms with Crippen molar-refractivity contribution in [3.63, 3.8) is 0 Å². The van der Waals surface area contributed by atoms with E-state index in [1.807, 2.05) is 13.8 Å². The second kappa shape index (κ2) is 6.39. The summed E-state index contributed by atoms with van der Waals surface area (Å²) in [7, 11) is 0. The molecule has 2 N–H and O–H groups in total. The van der Waals surface area contributed by atoms with E-state index in [0.29, 0.717) is 25.4 Å². The molecule has 0 aromatic carbocycles. The number of carbonyl (C=O) groups is 1. The largest absolute Gasteiger partial charge is 0.481 e. The normalized spacial score (nSPS) is 25.8. The van der Waals surface area contributed by atoms with E-state index in [2.05, 4.69) is 12.2 Å². The van der Waals surface area contributed by atoms with E-state index in [4.69, 9.17) is 0 Å². The highest BCUT2D eigenvalue weighted by Gasteiger charge is 2.35. The van der Waals surface area contributed by atoms with E-state index in [-0.39, 0.29) is 0 Å². The predicted molar refractivity (Wildman–Crippen MR) is 70.1 cm³/mol. The third-order valence-electron chi connectivity index (χ3n) is 4.55. The van der Waals surface area contributed by atoms with Gasteiger partial charge in [-0.05, 0) is 44.4 Å². The molecule has 1 aliphatic carbocycles. The summed E-state index contributed by atoms with van der Waals surface area (Å²) in [5.41, 5.74) is -0.566. The average molecular weight is 241 g/mol. The molecule has 17 heavy (non-hydrogen) atoms. The van der Waals surface area contributed by atoms with Crippen LogP contribution in [0.2, 0.25) is 0 Å². The van der Waals surface area contributed by atoms with Crippen molar-refractivity contribution in [3.05, 3.63) is 0 Å². The first-order valence-electron chi connectivity index (χ1n) is 7.01. The molecule has 0 aromatic heterocycles. The maximum atomic E-state index is 11.4. The Bertz CT molecular complexity index is 241. The Morgan fingerprint density at radius 3 is 2.18 bits per heavy atom. The van der Waals surface area contributed by atoms with Crippen LogP contribution in [0.4, 0.5) is 0 Å². The monoisotopic (exact) mass is 241 g/mol. The van der Waals surface area contributed by atoms with Crippen LogP contribution in [-0.4, -0.2) is 23.7 Å². The van der Waals surface area contributed by atoms with Crippen LogP contribution in [0.25, 0.3) is 0 Å². The lowest BCUT2D eigenvalue weighted by atomic mass is 9.81. The zero-order valence-electron chi connectivity index (χ0n) is 11.5. The van der Waals surface area contributed by atoms with Gasteiger partial charge in [0.05, 0.1) is 5.41 Å². The molecule has 3 nitrogen and oxygen atoms in total. The van der Waals surface area contributed by atoms with Gasteiger partial charge >= 0.3 is 5.97 Å². The summed E-state index contributed by atoms with van der Waals surface area (Å²) >= 11 is 0. The van der Waals surface area contributed by atoms with Gasteiger partial charge in [0.1, 0.15) is 0 Å². The van der Waals surface area contributed by atoms with Gasteiger partial charge in [-0.2, -0.15) is 0 Å². The molecule has 0 bridgehead atoms. The van der Waals surface area contributed by atoms with E-state index in [9.17, 15) is 9.90 Å². The highest BCUT2D eigenvalue weighted by molar-refractivity contribution is 5.74. The van der Waals surface area contributed by atoms with Crippen molar-refractivity contribution >= 4 is 5.97 Å². The fourth-order valence-corrected chi connectivity index (χ4v) is 2.68. The number of carboxylic acid groups (broad SMARTS) is 1. The maximum Gasteiger partial charge on any atom is 0.310 e. The molecular weight excluding hydrogens is 214 g/mol. The van der Waals surface area contributed by atoms with E-state index >= 15 is 0 Å². The molecule has 100 valence electrons. The molecule has 0 saturated heterocycles. The standard InChI is InChI=1S/C14H27NO2/c1-4-14(5-2,13(16)17)10-15-12-8-6-11(3)7-9-12/h11-12,15H,4-10H2,1-3H3,(H,16,17). The zero-order chi connectivity index (χ0) is 12.9. The number of rotatable bonds is 6. The van der Waals surface area contributed by atoms with Gasteiger partial charge in [0.2, 0.25) is 0 Å². The van der Waals surface area contributed by atoms with Crippen molar-refractivity contribution in [3.8, 4) is 0 Å². The summed E-state index contributed by atoms with van der Waals surface area (Å²) in [6.45, 7) is 6.87. The number of hydrogen-bond acceptors (Lipinski definition) is 2. The van der Waals surface area contributed by atoms with Crippen LogP contribution in [0.3, 0.4) is 0 Å². The molecule has 0 aliphatic heterocycles. The van der Waals surface area contributed by atoms with E-state index in [1.165, 1.54) is 25.7 Å². The van der Waals surface area contributed by atoms with Gasteiger partial charge in [-0.25, -0.2) is 0 Å². The van der Waals surface area contributed by atoms with Crippen LogP contribution < -0.4 is 5.32 Å². The van der Waals surface area contributed by atoms with Crippen LogP contribution in [0.1, 0.15) is 59.3 Å². The van der Waals surface area contributed by atoms with Gasteiger partial charge in [-0.3, -0.25) is 4.79 Å². The van der Waals surface area contributed by atoms with E-state index in [1.54, 1.807) is 0 Å². The molecule has 0 amide bonds. The SMILES string of the molecule is CCC(CC)(CNC1CCC(C)CC1)C(=O)O. The van der Waals surface area contributed by atoms with Gasteiger partial charge < -0.3 is 10.4 Å². The zero-order valence-corrected chi connectivity index (χ0v) is 11.5. The predicted octanol–water partition coefficient (Wildman–Crippen LogP) is 3.05. The number of carboxylic acids is 1. The molecule has 1 fully saturated rings. The number of nitrogens with one attached hydrogen (secondary N) is 1. The first-order valence-corrected chi connectivity index (χ1v) is 7.01. The topological polar surface area (TPSA) is 49.3 Å². The first-order chi connectivity index (χ1) is 8.04. The molecule has 0 spiro atoms. The highest BCUT2D eigenvalue weighted by atomic mass is 16.4.